The predicted molar refractivity (Wildman–Crippen MR) is 121 cm³/mol. The molecule has 166 valence electrons. The van der Waals surface area contributed by atoms with Crippen molar-refractivity contribution in [1.82, 2.24) is 19.2 Å². The standard InChI is InChI=1S/C24H17F3N4OS/c25-24(26,27)18-12-10-17(11-13-18)15-33-23-29-28-22-30(14-16-6-2-1-3-7-16)21(32)19-8-4-5-9-20(19)31(22)23/h1-13H,14-15H2. The molecule has 0 bridgehead atoms. The molecule has 9 heteroatoms. The Morgan fingerprint density at radius 3 is 2.24 bits per heavy atom. The largest absolute Gasteiger partial charge is 0.416 e. The molecule has 0 spiro atoms. The van der Waals surface area contributed by atoms with Crippen molar-refractivity contribution in [3.63, 3.8) is 0 Å². The molecule has 0 saturated heterocycles. The maximum Gasteiger partial charge on any atom is 0.416 e. The van der Waals surface area contributed by atoms with E-state index < -0.39 is 11.7 Å². The Balaban J connectivity index is 1.55. The van der Waals surface area contributed by atoms with E-state index in [4.69, 9.17) is 0 Å². The van der Waals surface area contributed by atoms with E-state index in [1.165, 1.54) is 23.9 Å². The van der Waals surface area contributed by atoms with Crippen molar-refractivity contribution in [2.45, 2.75) is 23.6 Å². The molecule has 0 atom stereocenters. The van der Waals surface area contributed by atoms with Crippen LogP contribution < -0.4 is 5.56 Å². The van der Waals surface area contributed by atoms with E-state index >= 15 is 0 Å². The molecule has 5 rings (SSSR count). The lowest BCUT2D eigenvalue weighted by Gasteiger charge is -2.11. The van der Waals surface area contributed by atoms with Crippen molar-refractivity contribution in [1.29, 1.82) is 0 Å². The fraction of sp³-hybridized carbons (Fsp3) is 0.125. The summed E-state index contributed by atoms with van der Waals surface area (Å²) in [6.07, 6.45) is -4.36. The van der Waals surface area contributed by atoms with E-state index in [1.807, 2.05) is 52.9 Å². The van der Waals surface area contributed by atoms with Crippen molar-refractivity contribution in [3.8, 4) is 0 Å². The molecule has 0 aliphatic rings. The van der Waals surface area contributed by atoms with Crippen molar-refractivity contribution in [2.24, 2.45) is 0 Å². The van der Waals surface area contributed by atoms with Gasteiger partial charge in [-0.25, -0.2) is 0 Å². The second-order valence-corrected chi connectivity index (χ2v) is 8.44. The summed E-state index contributed by atoms with van der Waals surface area (Å²) in [5.74, 6) is 0.822. The van der Waals surface area contributed by atoms with Crippen LogP contribution in [0.25, 0.3) is 16.7 Å². The van der Waals surface area contributed by atoms with Crippen LogP contribution in [0.15, 0.2) is 88.8 Å². The predicted octanol–water partition coefficient (Wildman–Crippen LogP) is 5.40. The highest BCUT2D eigenvalue weighted by Crippen LogP contribution is 2.30. The van der Waals surface area contributed by atoms with Gasteiger partial charge in [0, 0.05) is 5.75 Å². The molecule has 5 aromatic rings. The van der Waals surface area contributed by atoms with Gasteiger partial charge in [0.05, 0.1) is 23.0 Å². The summed E-state index contributed by atoms with van der Waals surface area (Å²) in [6, 6.07) is 21.9. The Morgan fingerprint density at radius 1 is 0.818 bits per heavy atom. The Hall–Kier alpha value is -3.59. The molecular formula is C24H17F3N4OS. The van der Waals surface area contributed by atoms with Gasteiger partial charge in [-0.1, -0.05) is 66.4 Å². The van der Waals surface area contributed by atoms with E-state index in [9.17, 15) is 18.0 Å². The van der Waals surface area contributed by atoms with Crippen molar-refractivity contribution in [2.75, 3.05) is 0 Å². The van der Waals surface area contributed by atoms with Crippen LogP contribution in [0.1, 0.15) is 16.7 Å². The monoisotopic (exact) mass is 466 g/mol. The highest BCUT2D eigenvalue weighted by atomic mass is 32.2. The normalized spacial score (nSPS) is 12.0. The number of hydrogen-bond acceptors (Lipinski definition) is 4. The van der Waals surface area contributed by atoms with E-state index in [2.05, 4.69) is 10.2 Å². The topological polar surface area (TPSA) is 52.2 Å². The number of rotatable bonds is 5. The lowest BCUT2D eigenvalue weighted by Crippen LogP contribution is -2.24. The van der Waals surface area contributed by atoms with Crippen molar-refractivity contribution < 1.29 is 13.2 Å². The lowest BCUT2D eigenvalue weighted by molar-refractivity contribution is -0.137. The van der Waals surface area contributed by atoms with E-state index in [0.29, 0.717) is 34.1 Å². The number of aromatic nitrogens is 4. The smallest absolute Gasteiger partial charge is 0.272 e. The van der Waals surface area contributed by atoms with Crippen molar-refractivity contribution >= 4 is 28.4 Å². The first-order valence-electron chi connectivity index (χ1n) is 10.1. The summed E-state index contributed by atoms with van der Waals surface area (Å²) in [5, 5.41) is 9.68. The third kappa shape index (κ3) is 4.11. The van der Waals surface area contributed by atoms with Gasteiger partial charge in [0.2, 0.25) is 5.78 Å². The number of alkyl halides is 3. The summed E-state index contributed by atoms with van der Waals surface area (Å²) in [6.45, 7) is 0.343. The molecule has 0 radical (unpaired) electrons. The number of para-hydroxylation sites is 1. The van der Waals surface area contributed by atoms with Gasteiger partial charge in [-0.3, -0.25) is 13.8 Å². The second kappa shape index (κ2) is 8.40. The van der Waals surface area contributed by atoms with Crippen molar-refractivity contribution in [3.05, 3.63) is 106 Å². The first kappa shape index (κ1) is 21.3. The van der Waals surface area contributed by atoms with Crippen LogP contribution in [0.4, 0.5) is 13.2 Å². The van der Waals surface area contributed by atoms with Gasteiger partial charge < -0.3 is 0 Å². The van der Waals surface area contributed by atoms with E-state index in [1.54, 1.807) is 10.6 Å². The van der Waals surface area contributed by atoms with Gasteiger partial charge >= 0.3 is 6.18 Å². The minimum Gasteiger partial charge on any atom is -0.272 e. The first-order valence-corrected chi connectivity index (χ1v) is 11.1. The van der Waals surface area contributed by atoms with Gasteiger partial charge in [-0.2, -0.15) is 13.2 Å². The number of thioether (sulfide) groups is 1. The summed E-state index contributed by atoms with van der Waals surface area (Å²) in [4.78, 5) is 13.2. The zero-order chi connectivity index (χ0) is 23.0. The Labute approximate surface area is 190 Å². The average Bonchev–Trinajstić information content (AvgIpc) is 3.25. The highest BCUT2D eigenvalue weighted by molar-refractivity contribution is 7.98. The maximum absolute atomic E-state index is 13.2. The molecule has 33 heavy (non-hydrogen) atoms. The molecule has 0 amide bonds. The average molecular weight is 466 g/mol. The summed E-state index contributed by atoms with van der Waals surface area (Å²) in [5.41, 5.74) is 1.53. The van der Waals surface area contributed by atoms with Crippen LogP contribution in [-0.2, 0) is 18.5 Å². The first-order chi connectivity index (χ1) is 15.9. The Kier molecular flexibility index (Phi) is 5.41. The fourth-order valence-corrected chi connectivity index (χ4v) is 4.57. The van der Waals surface area contributed by atoms with Gasteiger partial charge in [-0.05, 0) is 35.4 Å². The third-order valence-corrected chi connectivity index (χ3v) is 6.31. The minimum absolute atomic E-state index is 0.159. The molecule has 2 heterocycles. The second-order valence-electron chi connectivity index (χ2n) is 7.50. The maximum atomic E-state index is 13.2. The van der Waals surface area contributed by atoms with Crippen LogP contribution in [-0.4, -0.2) is 19.2 Å². The SMILES string of the molecule is O=c1c2ccccc2n2c(SCc3ccc(C(F)(F)F)cc3)nnc2n1Cc1ccccc1. The van der Waals surface area contributed by atoms with Crippen LogP contribution in [0.5, 0.6) is 0 Å². The quantitative estimate of drug-likeness (QED) is 0.325. The molecule has 5 nitrogen and oxygen atoms in total. The molecule has 3 aromatic carbocycles. The van der Waals surface area contributed by atoms with Gasteiger partial charge in [0.15, 0.2) is 5.16 Å². The van der Waals surface area contributed by atoms with E-state index in [-0.39, 0.29) is 5.56 Å². The number of nitrogens with zero attached hydrogens (tertiary/aromatic N) is 4. The van der Waals surface area contributed by atoms with Crippen LogP contribution >= 0.6 is 11.8 Å². The molecule has 0 fully saturated rings. The van der Waals surface area contributed by atoms with Gasteiger partial charge in [0.1, 0.15) is 0 Å². The fourth-order valence-electron chi connectivity index (χ4n) is 3.67. The third-order valence-electron chi connectivity index (χ3n) is 5.31. The van der Waals surface area contributed by atoms with Gasteiger partial charge in [0.25, 0.3) is 5.56 Å². The molecule has 2 aromatic heterocycles. The number of fused-ring (bicyclic) bond motifs is 3. The summed E-state index contributed by atoms with van der Waals surface area (Å²) >= 11 is 1.35. The molecule has 0 aliphatic heterocycles. The molecular weight excluding hydrogens is 449 g/mol. The minimum atomic E-state index is -4.36. The van der Waals surface area contributed by atoms with Gasteiger partial charge in [-0.15, -0.1) is 10.2 Å². The number of hydrogen-bond donors (Lipinski definition) is 0. The van der Waals surface area contributed by atoms with Crippen LogP contribution in [0.2, 0.25) is 0 Å². The molecule has 0 saturated carbocycles. The zero-order valence-electron chi connectivity index (χ0n) is 17.2. The van der Waals surface area contributed by atoms with E-state index in [0.717, 1.165) is 23.3 Å². The molecule has 0 unspecified atom stereocenters. The van der Waals surface area contributed by atoms with Crippen LogP contribution in [0, 0.1) is 0 Å². The number of halogens is 3. The Bertz CT molecular complexity index is 1490. The summed E-state index contributed by atoms with van der Waals surface area (Å²) < 4.78 is 41.9. The Morgan fingerprint density at radius 2 is 1.52 bits per heavy atom. The van der Waals surface area contributed by atoms with Crippen LogP contribution in [0.3, 0.4) is 0 Å². The highest BCUT2D eigenvalue weighted by Gasteiger charge is 2.30. The molecule has 0 aliphatic carbocycles. The summed E-state index contributed by atoms with van der Waals surface area (Å²) in [7, 11) is 0. The lowest BCUT2D eigenvalue weighted by atomic mass is 10.1. The number of benzene rings is 3. The zero-order valence-corrected chi connectivity index (χ0v) is 18.0. The molecule has 0 N–H and O–H groups in total.